The van der Waals surface area contributed by atoms with Gasteiger partial charge in [-0.3, -0.25) is 0 Å². The van der Waals surface area contributed by atoms with E-state index >= 15 is 0 Å². The van der Waals surface area contributed by atoms with Crippen molar-refractivity contribution >= 4 is 12.0 Å². The van der Waals surface area contributed by atoms with Crippen LogP contribution in [0.25, 0.3) is 0 Å². The number of rotatable bonds is 5. The second-order valence-electron chi connectivity index (χ2n) is 4.84. The summed E-state index contributed by atoms with van der Waals surface area (Å²) in [6, 6.07) is 1.56. The molecule has 1 aliphatic heterocycles. The number of hydrogen-bond donors (Lipinski definition) is 2. The molecule has 0 aliphatic carbocycles. The number of urea groups is 1. The number of carbonyl (C=O) groups excluding carboxylic acids is 1. The van der Waals surface area contributed by atoms with Crippen LogP contribution in [-0.4, -0.2) is 47.8 Å². The number of ether oxygens (including phenoxy) is 1. The Balaban J connectivity index is 1.71. The molecule has 2 N–H and O–H groups in total. The average molecular weight is 282 g/mol. The number of furan rings is 1. The van der Waals surface area contributed by atoms with E-state index in [1.54, 1.807) is 25.6 Å². The van der Waals surface area contributed by atoms with E-state index in [-0.39, 0.29) is 12.1 Å². The van der Waals surface area contributed by atoms with E-state index in [2.05, 4.69) is 5.32 Å². The van der Waals surface area contributed by atoms with Gasteiger partial charge in [0.15, 0.2) is 6.10 Å². The van der Waals surface area contributed by atoms with E-state index in [0.717, 1.165) is 5.56 Å². The fourth-order valence-electron chi connectivity index (χ4n) is 2.10. The standard InChI is InChI=1S/C13H18N2O5/c1-15(7-9-4-5-19-8-9)13(18)14-6-10-2-3-11(20-10)12(16)17/h4-5,8,10-11H,2-3,6-7H2,1H3,(H,14,18)(H,16,17). The molecule has 7 heteroatoms. The maximum Gasteiger partial charge on any atom is 0.332 e. The van der Waals surface area contributed by atoms with Crippen molar-refractivity contribution in [3.05, 3.63) is 24.2 Å². The highest BCUT2D eigenvalue weighted by Crippen LogP contribution is 2.19. The summed E-state index contributed by atoms with van der Waals surface area (Å²) in [5.41, 5.74) is 0.908. The summed E-state index contributed by atoms with van der Waals surface area (Å²) in [4.78, 5) is 24.1. The predicted octanol–water partition coefficient (Wildman–Crippen LogP) is 1.05. The van der Waals surface area contributed by atoms with Crippen molar-refractivity contribution in [1.29, 1.82) is 0 Å². The normalized spacial score (nSPS) is 21.6. The van der Waals surface area contributed by atoms with E-state index in [1.165, 1.54) is 4.90 Å². The first-order valence-electron chi connectivity index (χ1n) is 6.44. The van der Waals surface area contributed by atoms with E-state index in [1.807, 2.05) is 0 Å². The van der Waals surface area contributed by atoms with Gasteiger partial charge in [0.2, 0.25) is 0 Å². The number of nitrogens with one attached hydrogen (secondary N) is 1. The number of amides is 2. The monoisotopic (exact) mass is 282 g/mol. The van der Waals surface area contributed by atoms with Crippen LogP contribution in [0.4, 0.5) is 4.79 Å². The number of hydrogen-bond acceptors (Lipinski definition) is 4. The summed E-state index contributed by atoms with van der Waals surface area (Å²) in [6.45, 7) is 0.768. The fraction of sp³-hybridized carbons (Fsp3) is 0.538. The lowest BCUT2D eigenvalue weighted by atomic mass is 10.2. The van der Waals surface area contributed by atoms with E-state index in [0.29, 0.717) is 25.9 Å². The van der Waals surface area contributed by atoms with Gasteiger partial charge in [-0.2, -0.15) is 0 Å². The zero-order chi connectivity index (χ0) is 14.5. The van der Waals surface area contributed by atoms with Crippen LogP contribution in [0, 0.1) is 0 Å². The highest BCUT2D eigenvalue weighted by Gasteiger charge is 2.30. The van der Waals surface area contributed by atoms with Crippen LogP contribution >= 0.6 is 0 Å². The molecule has 2 amide bonds. The Morgan fingerprint density at radius 3 is 2.90 bits per heavy atom. The number of aliphatic carboxylic acids is 1. The van der Waals surface area contributed by atoms with Gasteiger partial charge in [-0.15, -0.1) is 0 Å². The largest absolute Gasteiger partial charge is 0.479 e. The van der Waals surface area contributed by atoms with Gasteiger partial charge in [0.25, 0.3) is 0 Å². The Labute approximate surface area is 116 Å². The van der Waals surface area contributed by atoms with Crippen molar-refractivity contribution in [2.24, 2.45) is 0 Å². The Kier molecular flexibility index (Phi) is 4.62. The second kappa shape index (κ2) is 6.42. The number of carboxylic acid groups (broad SMARTS) is 1. The third-order valence-corrected chi connectivity index (χ3v) is 3.21. The molecule has 2 heterocycles. The number of carbonyl (C=O) groups is 2. The Hall–Kier alpha value is -2.02. The number of carboxylic acids is 1. The van der Waals surface area contributed by atoms with Gasteiger partial charge in [0.05, 0.1) is 25.2 Å². The summed E-state index contributed by atoms with van der Waals surface area (Å²) < 4.78 is 10.2. The molecule has 2 unspecified atom stereocenters. The topological polar surface area (TPSA) is 92.0 Å². The van der Waals surface area contributed by atoms with Gasteiger partial charge in [0.1, 0.15) is 0 Å². The second-order valence-corrected chi connectivity index (χ2v) is 4.84. The molecule has 1 aliphatic rings. The molecule has 1 fully saturated rings. The van der Waals surface area contributed by atoms with Gasteiger partial charge in [-0.1, -0.05) is 0 Å². The van der Waals surface area contributed by atoms with Crippen LogP contribution in [0.5, 0.6) is 0 Å². The van der Waals surface area contributed by atoms with Crippen molar-refractivity contribution in [3.63, 3.8) is 0 Å². The molecule has 2 atom stereocenters. The third-order valence-electron chi connectivity index (χ3n) is 3.21. The van der Waals surface area contributed by atoms with Gasteiger partial charge in [0, 0.05) is 19.2 Å². The molecule has 0 saturated carbocycles. The first-order chi connectivity index (χ1) is 9.56. The summed E-state index contributed by atoms with van der Waals surface area (Å²) >= 11 is 0. The minimum Gasteiger partial charge on any atom is -0.479 e. The lowest BCUT2D eigenvalue weighted by molar-refractivity contribution is -0.149. The van der Waals surface area contributed by atoms with Gasteiger partial charge in [-0.25, -0.2) is 9.59 Å². The Morgan fingerprint density at radius 2 is 2.30 bits per heavy atom. The molecule has 110 valence electrons. The minimum absolute atomic E-state index is 0.228. The van der Waals surface area contributed by atoms with Gasteiger partial charge >= 0.3 is 12.0 Å². The molecule has 0 bridgehead atoms. The fourth-order valence-corrected chi connectivity index (χ4v) is 2.10. The molecule has 1 saturated heterocycles. The van der Waals surface area contributed by atoms with Gasteiger partial charge < -0.3 is 24.5 Å². The van der Waals surface area contributed by atoms with Crippen LogP contribution in [0.2, 0.25) is 0 Å². The van der Waals surface area contributed by atoms with Crippen molar-refractivity contribution in [2.75, 3.05) is 13.6 Å². The summed E-state index contributed by atoms with van der Waals surface area (Å²) in [5.74, 6) is -0.948. The smallest absolute Gasteiger partial charge is 0.332 e. The van der Waals surface area contributed by atoms with Crippen LogP contribution in [0.1, 0.15) is 18.4 Å². The predicted molar refractivity (Wildman–Crippen MR) is 69.1 cm³/mol. The highest BCUT2D eigenvalue weighted by atomic mass is 16.5. The van der Waals surface area contributed by atoms with Crippen LogP contribution in [0.3, 0.4) is 0 Å². The SMILES string of the molecule is CN(Cc1ccoc1)C(=O)NCC1CCC(C(=O)O)O1. The molecule has 20 heavy (non-hydrogen) atoms. The van der Waals surface area contributed by atoms with Crippen molar-refractivity contribution in [2.45, 2.75) is 31.6 Å². The van der Waals surface area contributed by atoms with Crippen molar-refractivity contribution in [1.82, 2.24) is 10.2 Å². The zero-order valence-electron chi connectivity index (χ0n) is 11.2. The lowest BCUT2D eigenvalue weighted by Gasteiger charge is -2.19. The Morgan fingerprint density at radius 1 is 1.50 bits per heavy atom. The molecule has 7 nitrogen and oxygen atoms in total. The number of nitrogens with zero attached hydrogens (tertiary/aromatic N) is 1. The minimum atomic E-state index is -0.948. The molecule has 2 rings (SSSR count). The zero-order valence-corrected chi connectivity index (χ0v) is 11.2. The third kappa shape index (κ3) is 3.74. The van der Waals surface area contributed by atoms with Crippen molar-refractivity contribution in [3.8, 4) is 0 Å². The van der Waals surface area contributed by atoms with Crippen molar-refractivity contribution < 1.29 is 23.8 Å². The first-order valence-corrected chi connectivity index (χ1v) is 6.44. The molecule has 1 aromatic heterocycles. The highest BCUT2D eigenvalue weighted by molar-refractivity contribution is 5.74. The molecule has 0 spiro atoms. The van der Waals surface area contributed by atoms with Crippen LogP contribution < -0.4 is 5.32 Å². The molecule has 1 aromatic rings. The summed E-state index contributed by atoms with van der Waals surface area (Å²) in [5, 5.41) is 11.5. The van der Waals surface area contributed by atoms with Crippen LogP contribution in [-0.2, 0) is 16.1 Å². The Bertz CT molecular complexity index is 459. The first kappa shape index (κ1) is 14.4. The van der Waals surface area contributed by atoms with E-state index in [4.69, 9.17) is 14.3 Å². The van der Waals surface area contributed by atoms with E-state index in [9.17, 15) is 9.59 Å². The molecular formula is C13H18N2O5. The molecule has 0 radical (unpaired) electrons. The lowest BCUT2D eigenvalue weighted by Crippen LogP contribution is -2.40. The van der Waals surface area contributed by atoms with Gasteiger partial charge in [-0.05, 0) is 18.9 Å². The van der Waals surface area contributed by atoms with E-state index < -0.39 is 12.1 Å². The molecule has 0 aromatic carbocycles. The summed E-state index contributed by atoms with van der Waals surface area (Å²) in [7, 11) is 1.68. The van der Waals surface area contributed by atoms with Crippen LogP contribution in [0.15, 0.2) is 23.0 Å². The summed E-state index contributed by atoms with van der Waals surface area (Å²) in [6.07, 6.45) is 3.28. The quantitative estimate of drug-likeness (QED) is 0.842. The maximum absolute atomic E-state index is 11.9. The maximum atomic E-state index is 11.9. The average Bonchev–Trinajstić information content (AvgIpc) is 3.06. The molecular weight excluding hydrogens is 264 g/mol.